The van der Waals surface area contributed by atoms with Crippen molar-refractivity contribution < 1.29 is 62.0 Å². The van der Waals surface area contributed by atoms with E-state index in [-0.39, 0.29) is 40.7 Å². The zero-order valence-corrected chi connectivity index (χ0v) is 16.3. The molecule has 2 aromatic rings. The van der Waals surface area contributed by atoms with Crippen LogP contribution in [0, 0.1) is 0 Å². The van der Waals surface area contributed by atoms with Crippen LogP contribution in [0.5, 0.6) is 0 Å². The first-order chi connectivity index (χ1) is 11.7. The van der Waals surface area contributed by atoms with E-state index in [2.05, 4.69) is 0 Å². The topological polar surface area (TPSA) is 132 Å². The van der Waals surface area contributed by atoms with Crippen LogP contribution in [0.1, 0.15) is 32.3 Å². The Labute approximate surface area is 170 Å². The Hall–Kier alpha value is -2.04. The largest absolute Gasteiger partial charge is 1.00 e. The van der Waals surface area contributed by atoms with Gasteiger partial charge in [0.1, 0.15) is 10.1 Å². The SMILES string of the molecule is O=C(O)C(c1ccccc1S(=O)(=O)[O-])N1C(=O)c2ccccc2C1=O.[Na+]. The van der Waals surface area contributed by atoms with Crippen LogP contribution in [0.3, 0.4) is 0 Å². The monoisotopic (exact) mass is 383 g/mol. The molecule has 0 fully saturated rings. The molecule has 8 nitrogen and oxygen atoms in total. The number of fused-ring (bicyclic) bond motifs is 1. The molecule has 0 bridgehead atoms. The van der Waals surface area contributed by atoms with Crippen LogP contribution in [-0.2, 0) is 14.9 Å². The van der Waals surface area contributed by atoms with Crippen molar-refractivity contribution in [3.63, 3.8) is 0 Å². The average Bonchev–Trinajstić information content (AvgIpc) is 2.80. The molecule has 0 radical (unpaired) electrons. The van der Waals surface area contributed by atoms with Crippen molar-refractivity contribution in [1.29, 1.82) is 0 Å². The number of nitrogens with zero attached hydrogens (tertiary/aromatic N) is 1. The molecule has 0 spiro atoms. The predicted octanol–water partition coefficient (Wildman–Crippen LogP) is -1.98. The summed E-state index contributed by atoms with van der Waals surface area (Å²) in [6.07, 6.45) is 0. The minimum absolute atomic E-state index is 0. The molecule has 0 aliphatic carbocycles. The molecule has 1 heterocycles. The van der Waals surface area contributed by atoms with Gasteiger partial charge in [0.25, 0.3) is 11.8 Å². The van der Waals surface area contributed by atoms with E-state index < -0.39 is 44.4 Å². The molecular weight excluding hydrogens is 373 g/mol. The summed E-state index contributed by atoms with van der Waals surface area (Å²) in [6.45, 7) is 0. The summed E-state index contributed by atoms with van der Waals surface area (Å²) in [6, 6.07) is 8.41. The Morgan fingerprint density at radius 3 is 1.88 bits per heavy atom. The third-order valence-electron chi connectivity index (χ3n) is 3.80. The third kappa shape index (κ3) is 3.31. The van der Waals surface area contributed by atoms with Crippen LogP contribution in [0.2, 0.25) is 0 Å². The van der Waals surface area contributed by atoms with Gasteiger partial charge in [-0.15, -0.1) is 0 Å². The van der Waals surface area contributed by atoms with Crippen molar-refractivity contribution in [2.24, 2.45) is 0 Å². The van der Waals surface area contributed by atoms with Gasteiger partial charge in [-0.3, -0.25) is 14.5 Å². The molecule has 1 N–H and O–H groups in total. The number of hydrogen-bond donors (Lipinski definition) is 1. The normalized spacial score (nSPS) is 14.6. The second-order valence-electron chi connectivity index (χ2n) is 5.26. The van der Waals surface area contributed by atoms with E-state index in [1.807, 2.05) is 0 Å². The first-order valence-electron chi connectivity index (χ1n) is 6.98. The minimum Gasteiger partial charge on any atom is -0.744 e. The van der Waals surface area contributed by atoms with E-state index in [4.69, 9.17) is 0 Å². The molecule has 26 heavy (non-hydrogen) atoms. The summed E-state index contributed by atoms with van der Waals surface area (Å²) in [7, 11) is -5.01. The van der Waals surface area contributed by atoms with Gasteiger partial charge < -0.3 is 9.66 Å². The van der Waals surface area contributed by atoms with Crippen molar-refractivity contribution >= 4 is 27.9 Å². The Morgan fingerprint density at radius 2 is 1.42 bits per heavy atom. The number of carbonyl (C=O) groups is 3. The van der Waals surface area contributed by atoms with Gasteiger partial charge in [-0.2, -0.15) is 0 Å². The number of hydrogen-bond acceptors (Lipinski definition) is 6. The summed E-state index contributed by atoms with van der Waals surface area (Å²) in [5.74, 6) is -3.37. The van der Waals surface area contributed by atoms with Crippen LogP contribution in [0.25, 0.3) is 0 Å². The van der Waals surface area contributed by atoms with Crippen molar-refractivity contribution in [2.75, 3.05) is 0 Å². The fraction of sp³-hybridized carbons (Fsp3) is 0.0625. The number of rotatable bonds is 4. The molecule has 128 valence electrons. The summed E-state index contributed by atoms with van der Waals surface area (Å²) in [4.78, 5) is 36.4. The van der Waals surface area contributed by atoms with Gasteiger partial charge in [0.2, 0.25) is 0 Å². The molecule has 1 atom stereocenters. The van der Waals surface area contributed by atoms with Gasteiger partial charge in [-0.1, -0.05) is 30.3 Å². The smallest absolute Gasteiger partial charge is 0.744 e. The summed E-state index contributed by atoms with van der Waals surface area (Å²) in [5, 5.41) is 9.55. The molecule has 10 heteroatoms. The Morgan fingerprint density at radius 1 is 0.962 bits per heavy atom. The fourth-order valence-corrected chi connectivity index (χ4v) is 3.47. The van der Waals surface area contributed by atoms with Crippen LogP contribution >= 0.6 is 0 Å². The Kier molecular flexibility index (Phi) is 5.69. The van der Waals surface area contributed by atoms with Gasteiger partial charge >= 0.3 is 35.5 Å². The quantitative estimate of drug-likeness (QED) is 0.367. The van der Waals surface area contributed by atoms with Gasteiger partial charge in [0.05, 0.1) is 16.0 Å². The number of carboxylic acid groups (broad SMARTS) is 1. The zero-order chi connectivity index (χ0) is 18.4. The summed E-state index contributed by atoms with van der Waals surface area (Å²) in [5.41, 5.74) is -0.415. The van der Waals surface area contributed by atoms with Gasteiger partial charge in [0, 0.05) is 5.56 Å². The maximum atomic E-state index is 12.5. The molecule has 1 unspecified atom stereocenters. The molecule has 0 saturated carbocycles. The molecular formula is C16H10NNaO7S. The number of amides is 2. The van der Waals surface area contributed by atoms with E-state index in [9.17, 15) is 32.5 Å². The second-order valence-corrected chi connectivity index (χ2v) is 6.61. The maximum absolute atomic E-state index is 12.5. The predicted molar refractivity (Wildman–Crippen MR) is 81.7 cm³/mol. The van der Waals surface area contributed by atoms with Crippen molar-refractivity contribution in [2.45, 2.75) is 10.9 Å². The van der Waals surface area contributed by atoms with Gasteiger partial charge in [-0.25, -0.2) is 13.2 Å². The molecule has 0 aromatic heterocycles. The first-order valence-corrected chi connectivity index (χ1v) is 8.39. The van der Waals surface area contributed by atoms with Crippen LogP contribution in [-0.4, -0.2) is 40.8 Å². The minimum atomic E-state index is -5.01. The van der Waals surface area contributed by atoms with Crippen molar-refractivity contribution in [3.05, 3.63) is 65.2 Å². The van der Waals surface area contributed by atoms with Gasteiger partial charge in [-0.05, 0) is 18.2 Å². The first kappa shape index (κ1) is 20.3. The molecule has 1 aliphatic rings. The number of imide groups is 1. The zero-order valence-electron chi connectivity index (χ0n) is 13.4. The Bertz CT molecular complexity index is 984. The number of benzene rings is 2. The van der Waals surface area contributed by atoms with E-state index >= 15 is 0 Å². The van der Waals surface area contributed by atoms with E-state index in [1.165, 1.54) is 36.4 Å². The second kappa shape index (κ2) is 7.29. The standard InChI is InChI=1S/C16H11NO7S.Na/c18-14-9-5-1-2-6-10(9)15(19)17(14)13(16(20)21)11-7-3-4-8-12(11)25(22,23)24;/h1-8,13H,(H,20,21)(H,22,23,24);/q;+1/p-1. The molecule has 1 aliphatic heterocycles. The van der Waals surface area contributed by atoms with E-state index in [1.54, 1.807) is 0 Å². The maximum Gasteiger partial charge on any atom is 1.00 e. The van der Waals surface area contributed by atoms with E-state index in [0.717, 1.165) is 12.1 Å². The number of aliphatic carboxylic acids is 1. The van der Waals surface area contributed by atoms with Gasteiger partial charge in [0.15, 0.2) is 6.04 Å². The summed E-state index contributed by atoms with van der Waals surface area (Å²) < 4.78 is 34.3. The third-order valence-corrected chi connectivity index (χ3v) is 4.71. The molecule has 3 rings (SSSR count). The number of carboxylic acids is 1. The number of carbonyl (C=O) groups excluding carboxylic acids is 2. The Balaban J connectivity index is 0.00000243. The van der Waals surface area contributed by atoms with Crippen LogP contribution in [0.15, 0.2) is 53.4 Å². The molecule has 2 aromatic carbocycles. The molecule has 0 saturated heterocycles. The summed E-state index contributed by atoms with van der Waals surface area (Å²) >= 11 is 0. The van der Waals surface area contributed by atoms with Crippen LogP contribution in [0.4, 0.5) is 0 Å². The molecule has 2 amide bonds. The van der Waals surface area contributed by atoms with Crippen molar-refractivity contribution in [3.8, 4) is 0 Å². The van der Waals surface area contributed by atoms with Crippen molar-refractivity contribution in [1.82, 2.24) is 4.90 Å². The van der Waals surface area contributed by atoms with Crippen LogP contribution < -0.4 is 29.6 Å². The van der Waals surface area contributed by atoms with E-state index in [0.29, 0.717) is 4.90 Å². The fourth-order valence-electron chi connectivity index (χ4n) is 2.76. The average molecular weight is 383 g/mol.